The summed E-state index contributed by atoms with van der Waals surface area (Å²) in [4.78, 5) is 0. The van der Waals surface area contributed by atoms with Crippen LogP contribution in [0, 0.1) is 0 Å². The molecule has 0 saturated carbocycles. The normalized spacial score (nSPS) is 17.0. The van der Waals surface area contributed by atoms with E-state index in [1.54, 1.807) is 28.8 Å². The summed E-state index contributed by atoms with van der Waals surface area (Å²) in [6.07, 6.45) is 7.28. The molecular formula is C22H22Cl2Zr. The van der Waals surface area contributed by atoms with Gasteiger partial charge < -0.3 is 24.8 Å². The zero-order valence-corrected chi connectivity index (χ0v) is 18.7. The minimum absolute atomic E-state index is 0. The molecule has 1 heterocycles. The molecule has 0 unspecified atom stereocenters. The Kier molecular flexibility index (Phi) is 5.24. The average molecular weight is 449 g/mol. The number of hydrogen-bond acceptors (Lipinski definition) is 0. The van der Waals surface area contributed by atoms with Gasteiger partial charge in [-0.1, -0.05) is 0 Å². The third-order valence-electron chi connectivity index (χ3n) is 5.89. The van der Waals surface area contributed by atoms with Crippen molar-refractivity contribution in [3.05, 3.63) is 69.8 Å². The molecule has 128 valence electrons. The van der Waals surface area contributed by atoms with Crippen LogP contribution in [0.3, 0.4) is 0 Å². The van der Waals surface area contributed by atoms with Crippen LogP contribution < -0.4 is 31.4 Å². The van der Waals surface area contributed by atoms with Crippen molar-refractivity contribution in [2.24, 2.45) is 0 Å². The van der Waals surface area contributed by atoms with E-state index in [4.69, 9.17) is 0 Å². The molecule has 3 aliphatic rings. The van der Waals surface area contributed by atoms with Gasteiger partial charge >= 0.3 is 144 Å². The van der Waals surface area contributed by atoms with E-state index in [2.05, 4.69) is 62.4 Å². The largest absolute Gasteiger partial charge is 1.00 e. The van der Waals surface area contributed by atoms with Gasteiger partial charge in [0.05, 0.1) is 0 Å². The van der Waals surface area contributed by atoms with Gasteiger partial charge in [-0.05, 0) is 0 Å². The molecule has 0 radical (unpaired) electrons. The van der Waals surface area contributed by atoms with Crippen molar-refractivity contribution >= 4 is 18.7 Å². The van der Waals surface area contributed by atoms with E-state index in [0.29, 0.717) is 0 Å². The molecule has 25 heavy (non-hydrogen) atoms. The molecule has 0 amide bonds. The van der Waals surface area contributed by atoms with Crippen molar-refractivity contribution in [3.63, 3.8) is 0 Å². The van der Waals surface area contributed by atoms with Crippen molar-refractivity contribution in [1.29, 1.82) is 0 Å². The standard InChI is InChI=1S/2C10H9.C2H4.2ClH.Zr/c2*1-8-6-9-4-2-3-5-10(9)7-8;1-2;;;/h2*2-4,7H,6H2,1H3;1-2H2;2*1H;/q;;;;;+2/p-2. The monoisotopic (exact) mass is 446 g/mol. The number of halogens is 2. The van der Waals surface area contributed by atoms with Gasteiger partial charge in [0.25, 0.3) is 0 Å². The summed E-state index contributed by atoms with van der Waals surface area (Å²) in [6, 6.07) is 14.3. The molecule has 2 aromatic carbocycles. The second kappa shape index (κ2) is 6.84. The number of fused-ring (bicyclic) bond motifs is 2. The van der Waals surface area contributed by atoms with Crippen LogP contribution in [-0.4, -0.2) is 0 Å². The van der Waals surface area contributed by atoms with E-state index in [1.807, 2.05) is 0 Å². The fraction of sp³-hybridized carbons (Fsp3) is 0.273. The van der Waals surface area contributed by atoms with E-state index in [-0.39, 0.29) is 24.8 Å². The molecular weight excluding hydrogens is 426 g/mol. The minimum Gasteiger partial charge on any atom is -1.00 e. The van der Waals surface area contributed by atoms with Crippen LogP contribution in [0.2, 0.25) is 8.26 Å². The molecule has 3 heteroatoms. The van der Waals surface area contributed by atoms with Gasteiger partial charge in [-0.15, -0.1) is 0 Å². The molecule has 1 saturated heterocycles. The van der Waals surface area contributed by atoms with E-state index in [9.17, 15) is 0 Å². The predicted octanol–water partition coefficient (Wildman–Crippen LogP) is -1.43. The second-order valence-corrected chi connectivity index (χ2v) is 18.1. The molecule has 0 N–H and O–H groups in total. The van der Waals surface area contributed by atoms with Crippen LogP contribution in [0.5, 0.6) is 0 Å². The van der Waals surface area contributed by atoms with E-state index < -0.39 is 20.3 Å². The quantitative estimate of drug-likeness (QED) is 0.529. The smallest absolute Gasteiger partial charge is 1.00 e. The molecule has 0 bridgehead atoms. The van der Waals surface area contributed by atoms with Crippen molar-refractivity contribution in [3.8, 4) is 0 Å². The first-order valence-electron chi connectivity index (χ1n) is 8.76. The molecule has 0 atom stereocenters. The zero-order valence-electron chi connectivity index (χ0n) is 14.7. The summed E-state index contributed by atoms with van der Waals surface area (Å²) < 4.78 is 6.56. The summed E-state index contributed by atoms with van der Waals surface area (Å²) in [5.74, 6) is 0. The van der Waals surface area contributed by atoms with Crippen LogP contribution in [-0.2, 0) is 33.1 Å². The van der Waals surface area contributed by atoms with Gasteiger partial charge in [-0.3, -0.25) is 0 Å². The summed E-state index contributed by atoms with van der Waals surface area (Å²) >= 11 is -2.35. The van der Waals surface area contributed by atoms with Gasteiger partial charge in [-0.25, -0.2) is 0 Å². The summed E-state index contributed by atoms with van der Waals surface area (Å²) in [6.45, 7) is 4.57. The number of rotatable bonds is 2. The molecule has 5 rings (SSSR count). The van der Waals surface area contributed by atoms with E-state index >= 15 is 0 Å². The van der Waals surface area contributed by atoms with Crippen LogP contribution in [0.4, 0.5) is 0 Å². The molecule has 0 nitrogen and oxygen atoms in total. The zero-order chi connectivity index (χ0) is 15.6. The van der Waals surface area contributed by atoms with E-state index in [1.165, 1.54) is 19.4 Å². The van der Waals surface area contributed by atoms with Crippen molar-refractivity contribution < 1.29 is 45.1 Å². The first kappa shape index (κ1) is 19.2. The maximum Gasteiger partial charge on any atom is -1.00 e. The maximum absolute atomic E-state index is 2.48. The van der Waals surface area contributed by atoms with Crippen LogP contribution in [0.1, 0.15) is 36.1 Å². The van der Waals surface area contributed by atoms with Crippen LogP contribution in [0.25, 0.3) is 12.2 Å². The average Bonchev–Trinajstić information content (AvgIpc) is 3.09. The summed E-state index contributed by atoms with van der Waals surface area (Å²) in [7, 11) is 0. The predicted molar refractivity (Wildman–Crippen MR) is 96.5 cm³/mol. The van der Waals surface area contributed by atoms with Crippen molar-refractivity contribution in [2.75, 3.05) is 0 Å². The molecule has 1 fully saturated rings. The first-order chi connectivity index (χ1) is 11.2. The fourth-order valence-corrected chi connectivity index (χ4v) is 18.0. The Labute approximate surface area is 167 Å². The Morgan fingerprint density at radius 2 is 1.12 bits per heavy atom. The minimum atomic E-state index is -2.35. The Balaban J connectivity index is 0.000000911. The van der Waals surface area contributed by atoms with Crippen LogP contribution in [0.15, 0.2) is 47.5 Å². The summed E-state index contributed by atoms with van der Waals surface area (Å²) in [5, 5.41) is 0. The number of allylic oxidation sites excluding steroid dienone is 2. The number of hydrogen-bond donors (Lipinski definition) is 0. The third kappa shape index (κ3) is 2.93. The Hall–Kier alpha value is -0.617. The molecule has 2 aliphatic carbocycles. The van der Waals surface area contributed by atoms with Gasteiger partial charge in [0.15, 0.2) is 0 Å². The van der Waals surface area contributed by atoms with E-state index in [0.717, 1.165) is 12.8 Å². The van der Waals surface area contributed by atoms with Gasteiger partial charge in [0.2, 0.25) is 0 Å². The van der Waals surface area contributed by atoms with Crippen molar-refractivity contribution in [1.82, 2.24) is 0 Å². The second-order valence-electron chi connectivity index (χ2n) is 7.67. The Bertz CT molecular complexity index is 833. The van der Waals surface area contributed by atoms with Crippen LogP contribution >= 0.6 is 0 Å². The molecule has 0 spiro atoms. The van der Waals surface area contributed by atoms with Gasteiger partial charge in [0.1, 0.15) is 0 Å². The first-order valence-corrected chi connectivity index (χ1v) is 14.7. The molecule has 1 aliphatic heterocycles. The molecule has 0 aromatic heterocycles. The third-order valence-corrected chi connectivity index (χ3v) is 16.8. The Morgan fingerprint density at radius 3 is 1.52 bits per heavy atom. The topological polar surface area (TPSA) is 0 Å². The van der Waals surface area contributed by atoms with Crippen molar-refractivity contribution in [2.45, 2.75) is 34.9 Å². The maximum atomic E-state index is 2.48. The fourth-order valence-electron chi connectivity index (χ4n) is 4.71. The molecule has 2 aromatic rings. The number of benzene rings is 2. The SMILES string of the molecule is CC1=Cc2c(ccc[c]2[Zr+2]2([c]3cccc4c3C=C(C)C4)[CH2][CH2]2)C1.[Cl-].[Cl-]. The van der Waals surface area contributed by atoms with Gasteiger partial charge in [0, 0.05) is 0 Å². The Morgan fingerprint density at radius 1 is 0.680 bits per heavy atom. The van der Waals surface area contributed by atoms with Gasteiger partial charge in [-0.2, -0.15) is 0 Å². The summed E-state index contributed by atoms with van der Waals surface area (Å²) in [5.41, 5.74) is 9.42.